The van der Waals surface area contributed by atoms with Crippen LogP contribution in [0.5, 0.6) is 0 Å². The van der Waals surface area contributed by atoms with Gasteiger partial charge < -0.3 is 5.11 Å². The summed E-state index contributed by atoms with van der Waals surface area (Å²) in [6.07, 6.45) is 0.754. The molecule has 0 aromatic carbocycles. The van der Waals surface area contributed by atoms with E-state index in [1.807, 2.05) is 11.4 Å². The molecule has 1 aliphatic rings. The molecule has 1 aromatic rings. The lowest BCUT2D eigenvalue weighted by Crippen LogP contribution is -2.32. The lowest BCUT2D eigenvalue weighted by Gasteiger charge is -2.31. The van der Waals surface area contributed by atoms with E-state index in [0.29, 0.717) is 19.3 Å². The summed E-state index contributed by atoms with van der Waals surface area (Å²) in [6, 6.07) is 1.95. The summed E-state index contributed by atoms with van der Waals surface area (Å²) in [7, 11) is 0. The standard InChI is InChI=1S/C12H15BrF2OS/c13-9-3-6-17-11(9)7-10(16)8-1-4-12(14,15)5-2-8/h3,6,8,10,16H,1-2,4-5,7H2. The van der Waals surface area contributed by atoms with Crippen LogP contribution in [0.15, 0.2) is 15.9 Å². The van der Waals surface area contributed by atoms with Crippen LogP contribution in [-0.4, -0.2) is 17.1 Å². The summed E-state index contributed by atoms with van der Waals surface area (Å²) in [4.78, 5) is 1.09. The van der Waals surface area contributed by atoms with Crippen molar-refractivity contribution in [3.05, 3.63) is 20.8 Å². The minimum Gasteiger partial charge on any atom is -0.392 e. The smallest absolute Gasteiger partial charge is 0.248 e. The molecule has 0 radical (unpaired) electrons. The van der Waals surface area contributed by atoms with Gasteiger partial charge in [0.25, 0.3) is 0 Å². The van der Waals surface area contributed by atoms with Crippen molar-refractivity contribution in [2.75, 3.05) is 0 Å². The summed E-state index contributed by atoms with van der Waals surface area (Å²) in [6.45, 7) is 0. The van der Waals surface area contributed by atoms with E-state index in [2.05, 4.69) is 15.9 Å². The Bertz CT molecular complexity index is 370. The van der Waals surface area contributed by atoms with Gasteiger partial charge in [0.2, 0.25) is 5.92 Å². The zero-order valence-electron chi connectivity index (χ0n) is 9.33. The molecular weight excluding hydrogens is 310 g/mol. The molecule has 0 bridgehead atoms. The van der Waals surface area contributed by atoms with Gasteiger partial charge in [0.1, 0.15) is 0 Å². The van der Waals surface area contributed by atoms with Crippen LogP contribution in [-0.2, 0) is 6.42 Å². The van der Waals surface area contributed by atoms with Crippen LogP contribution in [0.25, 0.3) is 0 Å². The minimum atomic E-state index is -2.51. The van der Waals surface area contributed by atoms with E-state index in [1.165, 1.54) is 0 Å². The van der Waals surface area contributed by atoms with Crippen molar-refractivity contribution >= 4 is 27.3 Å². The second-order valence-corrected chi connectivity index (χ2v) is 6.51. The highest BCUT2D eigenvalue weighted by atomic mass is 79.9. The Labute approximate surface area is 112 Å². The monoisotopic (exact) mass is 324 g/mol. The first-order valence-corrected chi connectivity index (χ1v) is 7.43. The third-order valence-electron chi connectivity index (χ3n) is 3.39. The molecule has 1 aliphatic carbocycles. The lowest BCUT2D eigenvalue weighted by molar-refractivity contribution is -0.0618. The fourth-order valence-electron chi connectivity index (χ4n) is 2.27. The van der Waals surface area contributed by atoms with Gasteiger partial charge in [-0.1, -0.05) is 0 Å². The van der Waals surface area contributed by atoms with Crippen LogP contribution in [0, 0.1) is 5.92 Å². The van der Waals surface area contributed by atoms with E-state index in [4.69, 9.17) is 0 Å². The zero-order valence-corrected chi connectivity index (χ0v) is 11.7. The average Bonchev–Trinajstić information content (AvgIpc) is 2.64. The van der Waals surface area contributed by atoms with Crippen LogP contribution in [0.1, 0.15) is 30.6 Å². The first-order chi connectivity index (χ1) is 7.98. The summed E-state index contributed by atoms with van der Waals surface area (Å²) in [5.74, 6) is -2.50. The number of rotatable bonds is 3. The molecule has 1 fully saturated rings. The van der Waals surface area contributed by atoms with E-state index >= 15 is 0 Å². The molecule has 0 saturated heterocycles. The molecule has 0 aliphatic heterocycles. The maximum Gasteiger partial charge on any atom is 0.248 e. The van der Waals surface area contributed by atoms with Crippen molar-refractivity contribution in [1.29, 1.82) is 0 Å². The molecule has 1 nitrogen and oxygen atoms in total. The molecule has 17 heavy (non-hydrogen) atoms. The largest absolute Gasteiger partial charge is 0.392 e. The maximum atomic E-state index is 13.0. The third-order valence-corrected chi connectivity index (χ3v) is 5.34. The Hall–Kier alpha value is -0.0000000000000000555. The molecule has 0 spiro atoms. The highest BCUT2D eigenvalue weighted by Gasteiger charge is 2.37. The maximum absolute atomic E-state index is 13.0. The fourth-order valence-corrected chi connectivity index (χ4v) is 3.84. The number of hydrogen-bond acceptors (Lipinski definition) is 2. The predicted molar refractivity (Wildman–Crippen MR) is 68.6 cm³/mol. The predicted octanol–water partition coefficient (Wildman–Crippen LogP) is 4.24. The number of aliphatic hydroxyl groups excluding tert-OH is 1. The molecule has 1 aromatic heterocycles. The number of thiophene rings is 1. The second kappa shape index (κ2) is 5.33. The van der Waals surface area contributed by atoms with Crippen molar-refractivity contribution in [3.63, 3.8) is 0 Å². The first kappa shape index (κ1) is 13.4. The molecule has 1 atom stereocenters. The molecule has 5 heteroatoms. The Kier molecular flexibility index (Phi) is 4.21. The van der Waals surface area contributed by atoms with E-state index in [1.54, 1.807) is 11.3 Å². The molecule has 96 valence electrons. The summed E-state index contributed by atoms with van der Waals surface area (Å²) in [5, 5.41) is 12.0. The number of alkyl halides is 2. The first-order valence-electron chi connectivity index (χ1n) is 5.76. The van der Waals surface area contributed by atoms with Gasteiger partial charge in [-0.25, -0.2) is 8.78 Å². The van der Waals surface area contributed by atoms with Crippen molar-refractivity contribution in [1.82, 2.24) is 0 Å². The van der Waals surface area contributed by atoms with Crippen LogP contribution < -0.4 is 0 Å². The van der Waals surface area contributed by atoms with Gasteiger partial charge in [-0.05, 0) is 46.1 Å². The number of hydrogen-bond donors (Lipinski definition) is 1. The fraction of sp³-hybridized carbons (Fsp3) is 0.667. The summed E-state index contributed by atoms with van der Waals surface area (Å²) >= 11 is 5.00. The van der Waals surface area contributed by atoms with Crippen molar-refractivity contribution in [2.24, 2.45) is 5.92 Å². The SMILES string of the molecule is OC(Cc1sccc1Br)C1CCC(F)(F)CC1. The molecule has 1 heterocycles. The molecular formula is C12H15BrF2OS. The Balaban J connectivity index is 1.89. The minimum absolute atomic E-state index is 0.0172. The van der Waals surface area contributed by atoms with Crippen molar-refractivity contribution < 1.29 is 13.9 Å². The van der Waals surface area contributed by atoms with Gasteiger partial charge >= 0.3 is 0 Å². The van der Waals surface area contributed by atoms with Crippen LogP contribution >= 0.6 is 27.3 Å². The highest BCUT2D eigenvalue weighted by Crippen LogP contribution is 2.38. The average molecular weight is 325 g/mol. The van der Waals surface area contributed by atoms with E-state index in [0.717, 1.165) is 9.35 Å². The van der Waals surface area contributed by atoms with E-state index < -0.39 is 12.0 Å². The Morgan fingerprint density at radius 3 is 2.65 bits per heavy atom. The van der Waals surface area contributed by atoms with Gasteiger partial charge in [-0.2, -0.15) is 0 Å². The quantitative estimate of drug-likeness (QED) is 0.881. The topological polar surface area (TPSA) is 20.2 Å². The van der Waals surface area contributed by atoms with Crippen molar-refractivity contribution in [2.45, 2.75) is 44.1 Å². The van der Waals surface area contributed by atoms with Crippen LogP contribution in [0.2, 0.25) is 0 Å². The van der Waals surface area contributed by atoms with Gasteiger partial charge in [0.05, 0.1) is 6.10 Å². The third kappa shape index (κ3) is 3.48. The van der Waals surface area contributed by atoms with Gasteiger partial charge in [-0.15, -0.1) is 11.3 Å². The lowest BCUT2D eigenvalue weighted by atomic mass is 9.82. The van der Waals surface area contributed by atoms with Crippen LogP contribution in [0.3, 0.4) is 0 Å². The second-order valence-electron chi connectivity index (χ2n) is 4.66. The zero-order chi connectivity index (χ0) is 12.5. The molecule has 1 unspecified atom stereocenters. The van der Waals surface area contributed by atoms with Crippen LogP contribution in [0.4, 0.5) is 8.78 Å². The summed E-state index contributed by atoms with van der Waals surface area (Å²) in [5.41, 5.74) is 0. The highest BCUT2D eigenvalue weighted by molar-refractivity contribution is 9.10. The Morgan fingerprint density at radius 1 is 1.47 bits per heavy atom. The molecule has 1 N–H and O–H groups in total. The number of halogens is 3. The van der Waals surface area contributed by atoms with Gasteiger partial charge in [-0.3, -0.25) is 0 Å². The van der Waals surface area contributed by atoms with E-state index in [-0.39, 0.29) is 18.8 Å². The molecule has 0 amide bonds. The van der Waals surface area contributed by atoms with E-state index in [9.17, 15) is 13.9 Å². The van der Waals surface area contributed by atoms with Gasteiger partial charge in [0.15, 0.2) is 0 Å². The number of aliphatic hydroxyl groups is 1. The summed E-state index contributed by atoms with van der Waals surface area (Å²) < 4.78 is 27.0. The molecule has 2 rings (SSSR count). The Morgan fingerprint density at radius 2 is 2.12 bits per heavy atom. The van der Waals surface area contributed by atoms with Crippen molar-refractivity contribution in [3.8, 4) is 0 Å². The molecule has 1 saturated carbocycles. The van der Waals surface area contributed by atoms with Gasteiger partial charge in [0, 0.05) is 28.6 Å². The normalized spacial score (nSPS) is 22.6.